The summed E-state index contributed by atoms with van der Waals surface area (Å²) < 4.78 is 1.15. The number of anilines is 1. The molecular formula is C15H26IN3S. The van der Waals surface area contributed by atoms with E-state index in [1.54, 1.807) is 0 Å². The van der Waals surface area contributed by atoms with Gasteiger partial charge in [0.05, 0.1) is 15.0 Å². The SMILES string of the molecule is CCCNc1nc(CSC(C)C)nc(C(C)(C)C)c1I. The molecular weight excluding hydrogens is 381 g/mol. The van der Waals surface area contributed by atoms with Crippen molar-refractivity contribution in [3.63, 3.8) is 0 Å². The second-order valence-corrected chi connectivity index (χ2v) is 8.83. The summed E-state index contributed by atoms with van der Waals surface area (Å²) in [5.41, 5.74) is 1.19. The Balaban J connectivity index is 3.12. The highest BCUT2D eigenvalue weighted by Gasteiger charge is 2.23. The minimum Gasteiger partial charge on any atom is -0.369 e. The van der Waals surface area contributed by atoms with E-state index in [0.29, 0.717) is 5.25 Å². The molecule has 0 radical (unpaired) electrons. The fraction of sp³-hybridized carbons (Fsp3) is 0.733. The number of nitrogens with zero attached hydrogens (tertiary/aromatic N) is 2. The standard InChI is InChI=1S/C15H26IN3S/c1-7-8-17-14-12(16)13(15(4,5)6)18-11(19-14)9-20-10(2)3/h10H,7-9H2,1-6H3,(H,17,18,19). The Hall–Kier alpha value is -0.0400. The minimum absolute atomic E-state index is 0.0410. The van der Waals surface area contributed by atoms with Gasteiger partial charge in [-0.2, -0.15) is 11.8 Å². The van der Waals surface area contributed by atoms with E-state index in [2.05, 4.69) is 69.5 Å². The summed E-state index contributed by atoms with van der Waals surface area (Å²) in [4.78, 5) is 9.51. The molecule has 1 aromatic rings. The highest BCUT2D eigenvalue weighted by Crippen LogP contribution is 2.30. The molecule has 0 aliphatic rings. The average molecular weight is 407 g/mol. The lowest BCUT2D eigenvalue weighted by molar-refractivity contribution is 0.560. The molecule has 5 heteroatoms. The zero-order valence-corrected chi connectivity index (χ0v) is 16.4. The van der Waals surface area contributed by atoms with Crippen LogP contribution in [0.25, 0.3) is 0 Å². The summed E-state index contributed by atoms with van der Waals surface area (Å²) in [6, 6.07) is 0. The van der Waals surface area contributed by atoms with Crippen LogP contribution in [0.5, 0.6) is 0 Å². The maximum Gasteiger partial charge on any atom is 0.143 e. The molecule has 1 aromatic heterocycles. The van der Waals surface area contributed by atoms with Crippen molar-refractivity contribution in [2.45, 2.75) is 64.4 Å². The number of rotatable bonds is 6. The van der Waals surface area contributed by atoms with Crippen LogP contribution in [0.1, 0.15) is 59.5 Å². The third kappa shape index (κ3) is 5.39. The molecule has 0 aromatic carbocycles. The molecule has 114 valence electrons. The molecule has 20 heavy (non-hydrogen) atoms. The zero-order chi connectivity index (χ0) is 15.3. The lowest BCUT2D eigenvalue weighted by Crippen LogP contribution is -2.20. The first-order chi connectivity index (χ1) is 9.25. The molecule has 0 aliphatic heterocycles. The van der Waals surface area contributed by atoms with Gasteiger partial charge in [0.1, 0.15) is 11.6 Å². The Morgan fingerprint density at radius 1 is 1.25 bits per heavy atom. The Labute approximate surface area is 141 Å². The average Bonchev–Trinajstić information content (AvgIpc) is 2.34. The summed E-state index contributed by atoms with van der Waals surface area (Å²) in [6.07, 6.45) is 1.10. The highest BCUT2D eigenvalue weighted by molar-refractivity contribution is 14.1. The van der Waals surface area contributed by atoms with Crippen LogP contribution in [0.3, 0.4) is 0 Å². The van der Waals surface area contributed by atoms with Crippen molar-refractivity contribution < 1.29 is 0 Å². The summed E-state index contributed by atoms with van der Waals surface area (Å²) >= 11 is 4.26. The van der Waals surface area contributed by atoms with Gasteiger partial charge >= 0.3 is 0 Å². The minimum atomic E-state index is 0.0410. The van der Waals surface area contributed by atoms with E-state index in [-0.39, 0.29) is 5.41 Å². The maximum atomic E-state index is 4.80. The molecule has 0 aliphatic carbocycles. The molecule has 0 saturated carbocycles. The van der Waals surface area contributed by atoms with Gasteiger partial charge in [-0.05, 0) is 34.3 Å². The smallest absolute Gasteiger partial charge is 0.143 e. The second kappa shape index (κ2) is 7.82. The molecule has 0 bridgehead atoms. The van der Waals surface area contributed by atoms with Crippen LogP contribution in [-0.2, 0) is 11.2 Å². The van der Waals surface area contributed by atoms with Crippen LogP contribution in [-0.4, -0.2) is 21.8 Å². The van der Waals surface area contributed by atoms with Crippen LogP contribution in [0.2, 0.25) is 0 Å². The largest absolute Gasteiger partial charge is 0.369 e. The number of aromatic nitrogens is 2. The third-order valence-electron chi connectivity index (χ3n) is 2.70. The predicted octanol–water partition coefficient (Wildman–Crippen LogP) is 4.84. The first-order valence-corrected chi connectivity index (χ1v) is 9.30. The molecule has 0 unspecified atom stereocenters. The van der Waals surface area contributed by atoms with Crippen molar-refractivity contribution in [3.05, 3.63) is 15.1 Å². The first-order valence-electron chi connectivity index (χ1n) is 7.18. The Morgan fingerprint density at radius 3 is 2.40 bits per heavy atom. The lowest BCUT2D eigenvalue weighted by Gasteiger charge is -2.22. The van der Waals surface area contributed by atoms with Gasteiger partial charge in [0.15, 0.2) is 0 Å². The fourth-order valence-corrected chi connectivity index (χ4v) is 3.51. The second-order valence-electron chi connectivity index (χ2n) is 6.19. The van der Waals surface area contributed by atoms with E-state index in [4.69, 9.17) is 9.97 Å². The van der Waals surface area contributed by atoms with Crippen LogP contribution < -0.4 is 5.32 Å². The lowest BCUT2D eigenvalue weighted by atomic mass is 9.92. The van der Waals surface area contributed by atoms with Crippen molar-refractivity contribution in [1.29, 1.82) is 0 Å². The number of thioether (sulfide) groups is 1. The number of nitrogens with one attached hydrogen (secondary N) is 1. The Morgan fingerprint density at radius 2 is 1.90 bits per heavy atom. The Kier molecular flexibility index (Phi) is 7.04. The van der Waals surface area contributed by atoms with E-state index >= 15 is 0 Å². The van der Waals surface area contributed by atoms with Crippen molar-refractivity contribution in [2.75, 3.05) is 11.9 Å². The van der Waals surface area contributed by atoms with E-state index in [9.17, 15) is 0 Å². The van der Waals surface area contributed by atoms with Crippen LogP contribution >= 0.6 is 34.4 Å². The van der Waals surface area contributed by atoms with Gasteiger partial charge in [0.25, 0.3) is 0 Å². The molecule has 1 N–H and O–H groups in total. The summed E-state index contributed by atoms with van der Waals surface area (Å²) in [6.45, 7) is 14.2. The van der Waals surface area contributed by atoms with E-state index < -0.39 is 0 Å². The van der Waals surface area contributed by atoms with Crippen molar-refractivity contribution >= 4 is 40.2 Å². The zero-order valence-electron chi connectivity index (χ0n) is 13.4. The summed E-state index contributed by atoms with van der Waals surface area (Å²) in [7, 11) is 0. The summed E-state index contributed by atoms with van der Waals surface area (Å²) in [5, 5.41) is 4.04. The van der Waals surface area contributed by atoms with Crippen LogP contribution in [0.4, 0.5) is 5.82 Å². The van der Waals surface area contributed by atoms with E-state index in [0.717, 1.165) is 39.6 Å². The van der Waals surface area contributed by atoms with Crippen molar-refractivity contribution in [2.24, 2.45) is 0 Å². The van der Waals surface area contributed by atoms with E-state index in [1.807, 2.05) is 11.8 Å². The molecule has 0 saturated heterocycles. The van der Waals surface area contributed by atoms with Gasteiger partial charge in [0.2, 0.25) is 0 Å². The molecule has 1 heterocycles. The van der Waals surface area contributed by atoms with Crippen LogP contribution in [0.15, 0.2) is 0 Å². The number of hydrogen-bond acceptors (Lipinski definition) is 4. The number of halogens is 1. The van der Waals surface area contributed by atoms with Gasteiger partial charge in [-0.3, -0.25) is 0 Å². The van der Waals surface area contributed by atoms with Gasteiger partial charge in [-0.15, -0.1) is 0 Å². The van der Waals surface area contributed by atoms with Crippen molar-refractivity contribution in [3.8, 4) is 0 Å². The molecule has 1 rings (SSSR count). The quantitative estimate of drug-likeness (QED) is 0.685. The van der Waals surface area contributed by atoms with Gasteiger partial charge < -0.3 is 5.32 Å². The van der Waals surface area contributed by atoms with E-state index in [1.165, 1.54) is 0 Å². The monoisotopic (exact) mass is 407 g/mol. The maximum absolute atomic E-state index is 4.80. The van der Waals surface area contributed by atoms with Gasteiger partial charge in [-0.1, -0.05) is 41.5 Å². The third-order valence-corrected chi connectivity index (χ3v) is 4.81. The molecule has 0 atom stereocenters. The first kappa shape index (κ1) is 18.0. The van der Waals surface area contributed by atoms with Gasteiger partial charge in [0, 0.05) is 12.0 Å². The predicted molar refractivity (Wildman–Crippen MR) is 98.7 cm³/mol. The Bertz CT molecular complexity index is 441. The summed E-state index contributed by atoms with van der Waals surface area (Å²) in [5.74, 6) is 2.80. The number of hydrogen-bond donors (Lipinski definition) is 1. The highest BCUT2D eigenvalue weighted by atomic mass is 127. The van der Waals surface area contributed by atoms with Crippen molar-refractivity contribution in [1.82, 2.24) is 9.97 Å². The molecule has 0 fully saturated rings. The van der Waals surface area contributed by atoms with Gasteiger partial charge in [-0.25, -0.2) is 9.97 Å². The molecule has 3 nitrogen and oxygen atoms in total. The fourth-order valence-electron chi connectivity index (χ4n) is 1.66. The normalized spacial score (nSPS) is 12.0. The molecule has 0 amide bonds. The van der Waals surface area contributed by atoms with Crippen LogP contribution in [0, 0.1) is 3.57 Å². The molecule has 0 spiro atoms. The topological polar surface area (TPSA) is 37.8 Å².